The van der Waals surface area contributed by atoms with Crippen LogP contribution in [-0.2, 0) is 0 Å². The van der Waals surface area contributed by atoms with Crippen LogP contribution in [0.25, 0.3) is 0 Å². The third-order valence-corrected chi connectivity index (χ3v) is 2.87. The van der Waals surface area contributed by atoms with Crippen LogP contribution in [0.5, 0.6) is 0 Å². The second-order valence-corrected chi connectivity index (χ2v) is 4.70. The topological polar surface area (TPSA) is 46.3 Å². The molecule has 0 radical (unpaired) electrons. The largest absolute Gasteiger partial charge is 0.393 e. The first-order chi connectivity index (χ1) is 8.73. The molecule has 1 amide bonds. The summed E-state index contributed by atoms with van der Waals surface area (Å²) in [5.41, 5.74) is 4.55. The molecule has 3 nitrogen and oxygen atoms in total. The standard InChI is InChI=1S/C12H13F3N2OS/c1-6(3-10(16)19)17(2)12(18)11-8(14)4-7(13)5-9(11)15/h4-6H,3H2,1-2H3,(H2,16,19). The van der Waals surface area contributed by atoms with Crippen molar-refractivity contribution in [1.82, 2.24) is 4.90 Å². The Bertz CT molecular complexity index is 499. The predicted octanol–water partition coefficient (Wildman–Crippen LogP) is 2.24. The van der Waals surface area contributed by atoms with E-state index in [1.54, 1.807) is 6.92 Å². The lowest BCUT2D eigenvalue weighted by molar-refractivity contribution is 0.0738. The molecule has 0 heterocycles. The van der Waals surface area contributed by atoms with Crippen LogP contribution in [0.4, 0.5) is 13.2 Å². The van der Waals surface area contributed by atoms with E-state index < -0.39 is 35.0 Å². The van der Waals surface area contributed by atoms with Gasteiger partial charge in [0.25, 0.3) is 5.91 Å². The molecule has 0 bridgehead atoms. The Balaban J connectivity index is 3.04. The number of hydrogen-bond acceptors (Lipinski definition) is 2. The smallest absolute Gasteiger partial charge is 0.259 e. The van der Waals surface area contributed by atoms with Gasteiger partial charge < -0.3 is 10.6 Å². The summed E-state index contributed by atoms with van der Waals surface area (Å²) >= 11 is 4.71. The van der Waals surface area contributed by atoms with Gasteiger partial charge in [-0.15, -0.1) is 0 Å². The normalized spacial score (nSPS) is 12.1. The van der Waals surface area contributed by atoms with Crippen molar-refractivity contribution in [2.24, 2.45) is 5.73 Å². The number of nitrogens with zero attached hydrogens (tertiary/aromatic N) is 1. The Morgan fingerprint density at radius 2 is 1.84 bits per heavy atom. The molecule has 1 aromatic carbocycles. The minimum atomic E-state index is -1.24. The highest BCUT2D eigenvalue weighted by atomic mass is 32.1. The molecule has 0 spiro atoms. The highest BCUT2D eigenvalue weighted by molar-refractivity contribution is 7.80. The van der Waals surface area contributed by atoms with Crippen molar-refractivity contribution >= 4 is 23.1 Å². The van der Waals surface area contributed by atoms with Gasteiger partial charge in [-0.05, 0) is 6.92 Å². The van der Waals surface area contributed by atoms with Crippen molar-refractivity contribution in [3.05, 3.63) is 35.1 Å². The maximum atomic E-state index is 13.5. The third kappa shape index (κ3) is 3.66. The Morgan fingerprint density at radius 1 is 1.37 bits per heavy atom. The van der Waals surface area contributed by atoms with Gasteiger partial charge in [0.1, 0.15) is 23.0 Å². The molecule has 2 N–H and O–H groups in total. The van der Waals surface area contributed by atoms with Crippen LogP contribution >= 0.6 is 12.2 Å². The molecular formula is C12H13F3N2OS. The van der Waals surface area contributed by atoms with Crippen LogP contribution < -0.4 is 5.73 Å². The average molecular weight is 290 g/mol. The molecule has 1 atom stereocenters. The van der Waals surface area contributed by atoms with E-state index in [0.29, 0.717) is 12.1 Å². The molecule has 0 saturated heterocycles. The number of carbonyl (C=O) groups is 1. The molecule has 0 aromatic heterocycles. The lowest BCUT2D eigenvalue weighted by atomic mass is 10.1. The summed E-state index contributed by atoms with van der Waals surface area (Å²) in [7, 11) is 1.37. The monoisotopic (exact) mass is 290 g/mol. The highest BCUT2D eigenvalue weighted by Gasteiger charge is 2.25. The van der Waals surface area contributed by atoms with Gasteiger partial charge in [0, 0.05) is 31.6 Å². The first-order valence-electron chi connectivity index (χ1n) is 5.44. The van der Waals surface area contributed by atoms with Crippen LogP contribution in [-0.4, -0.2) is 28.9 Å². The summed E-state index contributed by atoms with van der Waals surface area (Å²) in [6.45, 7) is 1.64. The number of carbonyl (C=O) groups excluding carboxylic acids is 1. The van der Waals surface area contributed by atoms with E-state index in [9.17, 15) is 18.0 Å². The molecule has 0 aliphatic carbocycles. The van der Waals surface area contributed by atoms with Gasteiger partial charge in [0.2, 0.25) is 0 Å². The zero-order valence-electron chi connectivity index (χ0n) is 10.4. The first kappa shape index (κ1) is 15.4. The summed E-state index contributed by atoms with van der Waals surface area (Å²) in [4.78, 5) is 13.3. The third-order valence-electron chi connectivity index (χ3n) is 2.70. The van der Waals surface area contributed by atoms with Gasteiger partial charge in [0.05, 0.1) is 4.99 Å². The van der Waals surface area contributed by atoms with Crippen molar-refractivity contribution in [2.75, 3.05) is 7.05 Å². The predicted molar refractivity (Wildman–Crippen MR) is 69.3 cm³/mol. The Morgan fingerprint density at radius 3 is 2.26 bits per heavy atom. The molecular weight excluding hydrogens is 277 g/mol. The van der Waals surface area contributed by atoms with Gasteiger partial charge in [-0.1, -0.05) is 12.2 Å². The molecule has 1 rings (SSSR count). The van der Waals surface area contributed by atoms with Gasteiger partial charge in [0.15, 0.2) is 0 Å². The second kappa shape index (κ2) is 6.01. The van der Waals surface area contributed by atoms with E-state index in [-0.39, 0.29) is 11.4 Å². The molecule has 1 aromatic rings. The number of halogens is 3. The maximum absolute atomic E-state index is 13.5. The van der Waals surface area contributed by atoms with Gasteiger partial charge in [-0.25, -0.2) is 13.2 Å². The van der Waals surface area contributed by atoms with E-state index >= 15 is 0 Å². The summed E-state index contributed by atoms with van der Waals surface area (Å²) in [6.07, 6.45) is 0.224. The molecule has 1 unspecified atom stereocenters. The Hall–Kier alpha value is -1.63. The quantitative estimate of drug-likeness (QED) is 0.865. The lowest BCUT2D eigenvalue weighted by Gasteiger charge is -2.25. The number of thiocarbonyl (C=S) groups is 1. The van der Waals surface area contributed by atoms with E-state index in [1.165, 1.54) is 7.05 Å². The van der Waals surface area contributed by atoms with Crippen LogP contribution in [0, 0.1) is 17.5 Å². The van der Waals surface area contributed by atoms with Crippen LogP contribution in [0.1, 0.15) is 23.7 Å². The fraction of sp³-hybridized carbons (Fsp3) is 0.333. The number of benzene rings is 1. The van der Waals surface area contributed by atoms with E-state index in [0.717, 1.165) is 4.90 Å². The van der Waals surface area contributed by atoms with Crippen molar-refractivity contribution < 1.29 is 18.0 Å². The lowest BCUT2D eigenvalue weighted by Crippen LogP contribution is -2.38. The minimum Gasteiger partial charge on any atom is -0.393 e. The van der Waals surface area contributed by atoms with E-state index in [1.807, 2.05) is 0 Å². The molecule has 0 saturated carbocycles. The summed E-state index contributed by atoms with van der Waals surface area (Å²) in [5.74, 6) is -4.45. The van der Waals surface area contributed by atoms with Crippen LogP contribution in [0.2, 0.25) is 0 Å². The Labute approximate surface area is 114 Å². The fourth-order valence-electron chi connectivity index (χ4n) is 1.55. The van der Waals surface area contributed by atoms with Gasteiger partial charge in [-0.2, -0.15) is 0 Å². The second-order valence-electron chi connectivity index (χ2n) is 4.18. The highest BCUT2D eigenvalue weighted by Crippen LogP contribution is 2.18. The van der Waals surface area contributed by atoms with Crippen LogP contribution in [0.3, 0.4) is 0 Å². The average Bonchev–Trinajstić information content (AvgIpc) is 2.25. The molecule has 0 aliphatic rings. The summed E-state index contributed by atoms with van der Waals surface area (Å²) in [6, 6.07) is 0.499. The van der Waals surface area contributed by atoms with E-state index in [2.05, 4.69) is 0 Å². The van der Waals surface area contributed by atoms with Crippen molar-refractivity contribution in [1.29, 1.82) is 0 Å². The molecule has 19 heavy (non-hydrogen) atoms. The maximum Gasteiger partial charge on any atom is 0.259 e. The fourth-order valence-corrected chi connectivity index (χ4v) is 1.79. The molecule has 0 fully saturated rings. The SMILES string of the molecule is CC(CC(N)=S)N(C)C(=O)c1c(F)cc(F)cc1F. The number of hydrogen-bond donors (Lipinski definition) is 1. The molecule has 7 heteroatoms. The van der Waals surface area contributed by atoms with Crippen molar-refractivity contribution in [3.8, 4) is 0 Å². The van der Waals surface area contributed by atoms with Gasteiger partial charge >= 0.3 is 0 Å². The Kier molecular flexibility index (Phi) is 4.88. The van der Waals surface area contributed by atoms with Crippen molar-refractivity contribution in [3.63, 3.8) is 0 Å². The van der Waals surface area contributed by atoms with Gasteiger partial charge in [-0.3, -0.25) is 4.79 Å². The summed E-state index contributed by atoms with van der Waals surface area (Å²) in [5, 5.41) is 0. The molecule has 0 aliphatic heterocycles. The minimum absolute atomic E-state index is 0.187. The number of nitrogens with two attached hydrogens (primary N) is 1. The summed E-state index contributed by atoms with van der Waals surface area (Å²) < 4.78 is 39.7. The van der Waals surface area contributed by atoms with E-state index in [4.69, 9.17) is 18.0 Å². The number of amides is 1. The molecule has 104 valence electrons. The van der Waals surface area contributed by atoms with Crippen LogP contribution in [0.15, 0.2) is 12.1 Å². The zero-order valence-corrected chi connectivity index (χ0v) is 11.2. The van der Waals surface area contributed by atoms with Crippen molar-refractivity contribution in [2.45, 2.75) is 19.4 Å². The zero-order chi connectivity index (χ0) is 14.7. The number of rotatable bonds is 4. The first-order valence-corrected chi connectivity index (χ1v) is 5.84.